The predicted octanol–water partition coefficient (Wildman–Crippen LogP) is 3.36. The molecular weight excluding hydrogens is 372 g/mol. The van der Waals surface area contributed by atoms with Gasteiger partial charge in [0.1, 0.15) is 0 Å². The molecule has 0 saturated carbocycles. The molecule has 0 bridgehead atoms. The van der Waals surface area contributed by atoms with Crippen molar-refractivity contribution >= 4 is 15.9 Å². The first-order valence-electron chi connectivity index (χ1n) is 9.85. The van der Waals surface area contributed by atoms with Crippen molar-refractivity contribution in [3.8, 4) is 0 Å². The molecule has 1 amide bonds. The predicted molar refractivity (Wildman–Crippen MR) is 112 cm³/mol. The fraction of sp³-hybridized carbons (Fsp3) is 0.409. The number of carbonyl (C=O) groups excluding carboxylic acids is 1. The largest absolute Gasteiger partial charge is 0.350 e. The van der Waals surface area contributed by atoms with Crippen LogP contribution in [0.3, 0.4) is 0 Å². The second-order valence-electron chi connectivity index (χ2n) is 7.46. The van der Waals surface area contributed by atoms with Gasteiger partial charge >= 0.3 is 0 Å². The van der Waals surface area contributed by atoms with E-state index >= 15 is 0 Å². The highest BCUT2D eigenvalue weighted by Gasteiger charge is 2.25. The van der Waals surface area contributed by atoms with Crippen molar-refractivity contribution in [1.29, 1.82) is 0 Å². The van der Waals surface area contributed by atoms with Gasteiger partial charge in [-0.1, -0.05) is 42.5 Å². The van der Waals surface area contributed by atoms with Crippen LogP contribution < -0.4 is 5.32 Å². The summed E-state index contributed by atoms with van der Waals surface area (Å²) in [5, 5.41) is 3.01. The maximum absolute atomic E-state index is 12.4. The summed E-state index contributed by atoms with van der Waals surface area (Å²) in [4.78, 5) is 12.4. The molecule has 0 aromatic heterocycles. The lowest BCUT2D eigenvalue weighted by Crippen LogP contribution is -2.33. The third-order valence-electron chi connectivity index (χ3n) is 5.11. The molecule has 0 unspecified atom stereocenters. The zero-order valence-corrected chi connectivity index (χ0v) is 17.1. The van der Waals surface area contributed by atoms with E-state index in [2.05, 4.69) is 17.4 Å². The van der Waals surface area contributed by atoms with Gasteiger partial charge in [-0.3, -0.25) is 4.79 Å². The van der Waals surface area contributed by atoms with E-state index in [4.69, 9.17) is 0 Å². The van der Waals surface area contributed by atoms with Crippen LogP contribution in [0, 0.1) is 0 Å². The van der Waals surface area contributed by atoms with Gasteiger partial charge in [-0.2, -0.15) is 0 Å². The standard InChI is InChI=1S/C22H28N2O3S/c1-18(9-10-19-7-3-2-4-8-19)23-22(25)21-13-11-20(12-14-21)17-28(26,27)24-15-5-6-16-24/h2-4,7-8,11-14,18H,5-6,9-10,15-17H2,1H3,(H,23,25)/t18-/m1/s1. The van der Waals surface area contributed by atoms with E-state index in [0.29, 0.717) is 24.2 Å². The van der Waals surface area contributed by atoms with Crippen LogP contribution in [0.5, 0.6) is 0 Å². The SMILES string of the molecule is C[C@H](CCc1ccccc1)NC(=O)c1ccc(CS(=O)(=O)N2CCCC2)cc1. The van der Waals surface area contributed by atoms with Gasteiger partial charge in [0, 0.05) is 24.7 Å². The molecule has 1 N–H and O–H groups in total. The quantitative estimate of drug-likeness (QED) is 0.739. The van der Waals surface area contributed by atoms with E-state index in [-0.39, 0.29) is 17.7 Å². The Bertz CT molecular complexity index is 874. The van der Waals surface area contributed by atoms with E-state index in [1.807, 2.05) is 25.1 Å². The number of hydrogen-bond acceptors (Lipinski definition) is 3. The molecule has 0 spiro atoms. The summed E-state index contributed by atoms with van der Waals surface area (Å²) in [6.45, 7) is 3.23. The van der Waals surface area contributed by atoms with Crippen molar-refractivity contribution in [2.45, 2.75) is 44.4 Å². The minimum absolute atomic E-state index is 0.0115. The highest BCUT2D eigenvalue weighted by Crippen LogP contribution is 2.17. The maximum atomic E-state index is 12.4. The fourth-order valence-corrected chi connectivity index (χ4v) is 5.04. The van der Waals surface area contributed by atoms with Gasteiger partial charge in [0.25, 0.3) is 5.91 Å². The molecule has 150 valence electrons. The lowest BCUT2D eigenvalue weighted by molar-refractivity contribution is 0.0938. The van der Waals surface area contributed by atoms with Gasteiger partial charge in [0.05, 0.1) is 5.75 Å². The van der Waals surface area contributed by atoms with Crippen molar-refractivity contribution in [1.82, 2.24) is 9.62 Å². The van der Waals surface area contributed by atoms with Crippen molar-refractivity contribution < 1.29 is 13.2 Å². The fourth-order valence-electron chi connectivity index (χ4n) is 3.43. The maximum Gasteiger partial charge on any atom is 0.251 e. The Balaban J connectivity index is 1.51. The molecule has 6 heteroatoms. The molecule has 1 atom stereocenters. The Morgan fingerprint density at radius 2 is 1.64 bits per heavy atom. The van der Waals surface area contributed by atoms with Crippen LogP contribution in [0.2, 0.25) is 0 Å². The first-order chi connectivity index (χ1) is 13.4. The minimum Gasteiger partial charge on any atom is -0.350 e. The van der Waals surface area contributed by atoms with E-state index in [0.717, 1.165) is 25.7 Å². The van der Waals surface area contributed by atoms with Crippen LogP contribution in [-0.2, 0) is 22.2 Å². The summed E-state index contributed by atoms with van der Waals surface area (Å²) in [7, 11) is -3.27. The molecule has 28 heavy (non-hydrogen) atoms. The molecule has 3 rings (SSSR count). The van der Waals surface area contributed by atoms with Gasteiger partial charge in [0.15, 0.2) is 0 Å². The Labute approximate surface area is 167 Å². The van der Waals surface area contributed by atoms with Crippen LogP contribution >= 0.6 is 0 Å². The first-order valence-corrected chi connectivity index (χ1v) is 11.5. The number of rotatable bonds is 8. The summed E-state index contributed by atoms with van der Waals surface area (Å²) < 4.78 is 26.4. The number of aryl methyl sites for hydroxylation is 1. The third kappa shape index (κ3) is 5.66. The molecule has 5 nitrogen and oxygen atoms in total. The Morgan fingerprint density at radius 1 is 1.00 bits per heavy atom. The number of sulfonamides is 1. The smallest absolute Gasteiger partial charge is 0.251 e. The summed E-state index contributed by atoms with van der Waals surface area (Å²) >= 11 is 0. The van der Waals surface area contributed by atoms with Gasteiger partial charge in [0.2, 0.25) is 10.0 Å². The molecule has 1 aliphatic heterocycles. The van der Waals surface area contributed by atoms with Crippen LogP contribution in [-0.4, -0.2) is 37.8 Å². The van der Waals surface area contributed by atoms with Crippen molar-refractivity contribution in [3.05, 3.63) is 71.3 Å². The summed E-state index contributed by atoms with van der Waals surface area (Å²) in [5.74, 6) is -0.142. The molecule has 1 heterocycles. The Hall–Kier alpha value is -2.18. The highest BCUT2D eigenvalue weighted by molar-refractivity contribution is 7.88. The Morgan fingerprint density at radius 3 is 2.29 bits per heavy atom. The molecule has 2 aromatic carbocycles. The zero-order valence-electron chi connectivity index (χ0n) is 16.3. The summed E-state index contributed by atoms with van der Waals surface area (Å²) in [5.41, 5.74) is 2.52. The lowest BCUT2D eigenvalue weighted by Gasteiger charge is -2.16. The normalized spacial score (nSPS) is 16.0. The van der Waals surface area contributed by atoms with E-state index < -0.39 is 10.0 Å². The van der Waals surface area contributed by atoms with Gasteiger partial charge < -0.3 is 5.32 Å². The van der Waals surface area contributed by atoms with Crippen molar-refractivity contribution in [2.75, 3.05) is 13.1 Å². The molecule has 1 fully saturated rings. The second-order valence-corrected chi connectivity index (χ2v) is 9.43. The summed E-state index contributed by atoms with van der Waals surface area (Å²) in [6.07, 6.45) is 3.64. The highest BCUT2D eigenvalue weighted by atomic mass is 32.2. The van der Waals surface area contributed by atoms with E-state index in [1.165, 1.54) is 5.56 Å². The molecule has 1 saturated heterocycles. The molecule has 1 aliphatic rings. The average Bonchev–Trinajstić information content (AvgIpc) is 3.23. The topological polar surface area (TPSA) is 66.5 Å². The number of carbonyl (C=O) groups is 1. The van der Waals surface area contributed by atoms with Crippen LogP contribution in [0.25, 0.3) is 0 Å². The van der Waals surface area contributed by atoms with Crippen LogP contribution in [0.4, 0.5) is 0 Å². The minimum atomic E-state index is -3.27. The molecule has 0 radical (unpaired) electrons. The van der Waals surface area contributed by atoms with Crippen LogP contribution in [0.15, 0.2) is 54.6 Å². The van der Waals surface area contributed by atoms with E-state index in [1.54, 1.807) is 28.6 Å². The third-order valence-corrected chi connectivity index (χ3v) is 6.96. The number of hydrogen-bond donors (Lipinski definition) is 1. The first kappa shape index (κ1) is 20.6. The monoisotopic (exact) mass is 400 g/mol. The number of nitrogens with one attached hydrogen (secondary N) is 1. The number of benzene rings is 2. The Kier molecular flexibility index (Phi) is 6.86. The van der Waals surface area contributed by atoms with Crippen molar-refractivity contribution in [2.24, 2.45) is 0 Å². The van der Waals surface area contributed by atoms with Crippen molar-refractivity contribution in [3.63, 3.8) is 0 Å². The molecule has 2 aromatic rings. The van der Waals surface area contributed by atoms with Gasteiger partial charge in [-0.25, -0.2) is 12.7 Å². The van der Waals surface area contributed by atoms with E-state index in [9.17, 15) is 13.2 Å². The lowest BCUT2D eigenvalue weighted by atomic mass is 10.1. The zero-order chi connectivity index (χ0) is 20.0. The molecule has 0 aliphatic carbocycles. The second kappa shape index (κ2) is 9.34. The average molecular weight is 401 g/mol. The number of amides is 1. The van der Waals surface area contributed by atoms with Crippen LogP contribution in [0.1, 0.15) is 47.7 Å². The van der Waals surface area contributed by atoms with Gasteiger partial charge in [-0.15, -0.1) is 0 Å². The number of nitrogens with zero attached hydrogens (tertiary/aromatic N) is 1. The molecular formula is C22H28N2O3S. The summed E-state index contributed by atoms with van der Waals surface area (Å²) in [6, 6.07) is 17.1. The van der Waals surface area contributed by atoms with Gasteiger partial charge in [-0.05, 0) is 55.9 Å².